The lowest BCUT2D eigenvalue weighted by atomic mass is 10.1. The molecular weight excluding hydrogens is 378 g/mol. The average molecular weight is 400 g/mol. The maximum absolute atomic E-state index is 12.6. The molecule has 0 aliphatic carbocycles. The number of para-hydroxylation sites is 1. The minimum absolute atomic E-state index is 0.0568. The largest absolute Gasteiger partial charge is 0.372 e. The number of carbonyl (C=O) groups is 1. The van der Waals surface area contributed by atoms with Gasteiger partial charge in [0.15, 0.2) is 5.17 Å². The standard InChI is InChI=1S/C21H22ClN3OS/c1-4-25(5-2)16-12-10-15(11-13-16)14-19-20(26)24(3)21(27-19)23-18-9-7-6-8-17(18)22/h6-14H,4-5H2,1-3H3/b19-14+,23-21?. The number of aliphatic imine (C=N–C) groups is 1. The van der Waals surface area contributed by atoms with Gasteiger partial charge in [0.2, 0.25) is 0 Å². The molecule has 1 fully saturated rings. The lowest BCUT2D eigenvalue weighted by Crippen LogP contribution is -2.23. The van der Waals surface area contributed by atoms with Crippen LogP contribution < -0.4 is 4.90 Å². The summed E-state index contributed by atoms with van der Waals surface area (Å²) in [6, 6.07) is 15.6. The Morgan fingerprint density at radius 1 is 1.11 bits per heavy atom. The van der Waals surface area contributed by atoms with Crippen molar-refractivity contribution in [1.29, 1.82) is 0 Å². The fraction of sp³-hybridized carbons (Fsp3) is 0.238. The summed E-state index contributed by atoms with van der Waals surface area (Å²) in [6.07, 6.45) is 1.91. The van der Waals surface area contributed by atoms with E-state index >= 15 is 0 Å². The molecule has 0 radical (unpaired) electrons. The Balaban J connectivity index is 1.83. The van der Waals surface area contributed by atoms with Gasteiger partial charge in [0.05, 0.1) is 15.6 Å². The van der Waals surface area contributed by atoms with Gasteiger partial charge in [0.25, 0.3) is 5.91 Å². The average Bonchev–Trinajstić information content (AvgIpc) is 2.94. The van der Waals surface area contributed by atoms with Gasteiger partial charge in [0.1, 0.15) is 0 Å². The number of amidine groups is 1. The molecule has 1 amide bonds. The summed E-state index contributed by atoms with van der Waals surface area (Å²) in [5.41, 5.74) is 2.84. The summed E-state index contributed by atoms with van der Waals surface area (Å²) >= 11 is 7.54. The van der Waals surface area contributed by atoms with Crippen LogP contribution in [0.4, 0.5) is 11.4 Å². The van der Waals surface area contributed by atoms with E-state index in [1.54, 1.807) is 18.0 Å². The van der Waals surface area contributed by atoms with Crippen molar-refractivity contribution < 1.29 is 4.79 Å². The van der Waals surface area contributed by atoms with Crippen LogP contribution in [0, 0.1) is 0 Å². The van der Waals surface area contributed by atoms with Gasteiger partial charge >= 0.3 is 0 Å². The molecule has 6 heteroatoms. The monoisotopic (exact) mass is 399 g/mol. The SMILES string of the molecule is CCN(CC)c1ccc(/C=C2/SC(=Nc3ccccc3Cl)N(C)C2=O)cc1. The van der Waals surface area contributed by atoms with Crippen LogP contribution >= 0.6 is 23.4 Å². The van der Waals surface area contributed by atoms with Crippen molar-refractivity contribution in [2.45, 2.75) is 13.8 Å². The number of halogens is 1. The Bertz CT molecular complexity index is 889. The summed E-state index contributed by atoms with van der Waals surface area (Å²) in [7, 11) is 1.73. The normalized spacial score (nSPS) is 17.2. The molecule has 140 valence electrons. The van der Waals surface area contributed by atoms with E-state index < -0.39 is 0 Å². The topological polar surface area (TPSA) is 35.9 Å². The fourth-order valence-electron chi connectivity index (χ4n) is 2.82. The van der Waals surface area contributed by atoms with Crippen molar-refractivity contribution in [2.24, 2.45) is 4.99 Å². The van der Waals surface area contributed by atoms with E-state index in [-0.39, 0.29) is 5.91 Å². The number of rotatable bonds is 5. The summed E-state index contributed by atoms with van der Waals surface area (Å²) in [5.74, 6) is -0.0568. The van der Waals surface area contributed by atoms with Crippen molar-refractivity contribution in [3.8, 4) is 0 Å². The number of nitrogens with zero attached hydrogens (tertiary/aromatic N) is 3. The molecular formula is C21H22ClN3OS. The molecule has 2 aromatic rings. The van der Waals surface area contributed by atoms with Gasteiger partial charge in [0, 0.05) is 25.8 Å². The third-order valence-corrected chi connectivity index (χ3v) is 5.77. The van der Waals surface area contributed by atoms with Crippen molar-refractivity contribution >= 4 is 51.9 Å². The zero-order valence-electron chi connectivity index (χ0n) is 15.6. The van der Waals surface area contributed by atoms with Gasteiger partial charge in [-0.05, 0) is 61.5 Å². The Hall–Kier alpha value is -2.24. The molecule has 4 nitrogen and oxygen atoms in total. The second-order valence-corrected chi connectivity index (χ2v) is 7.50. The number of likely N-dealkylation sites (N-methyl/N-ethyl adjacent to an activating group) is 1. The minimum Gasteiger partial charge on any atom is -0.372 e. The van der Waals surface area contributed by atoms with Gasteiger partial charge in [-0.2, -0.15) is 0 Å². The van der Waals surface area contributed by atoms with Crippen LogP contribution in [-0.2, 0) is 4.79 Å². The van der Waals surface area contributed by atoms with E-state index in [1.165, 1.54) is 17.4 Å². The van der Waals surface area contributed by atoms with Crippen LogP contribution in [-0.4, -0.2) is 36.1 Å². The smallest absolute Gasteiger partial charge is 0.266 e. The summed E-state index contributed by atoms with van der Waals surface area (Å²) in [5, 5.41) is 1.19. The second-order valence-electron chi connectivity index (χ2n) is 6.08. The first-order chi connectivity index (χ1) is 13.0. The zero-order chi connectivity index (χ0) is 19.4. The van der Waals surface area contributed by atoms with Gasteiger partial charge in [-0.15, -0.1) is 0 Å². The van der Waals surface area contributed by atoms with Crippen LogP contribution in [0.2, 0.25) is 5.02 Å². The van der Waals surface area contributed by atoms with Crippen molar-refractivity contribution in [3.05, 3.63) is 64.0 Å². The molecule has 1 aliphatic rings. The molecule has 0 unspecified atom stereocenters. The molecule has 0 saturated carbocycles. The lowest BCUT2D eigenvalue weighted by Gasteiger charge is -2.20. The summed E-state index contributed by atoms with van der Waals surface area (Å²) in [4.78, 5) is 21.6. The molecule has 0 atom stereocenters. The second kappa shape index (κ2) is 8.63. The van der Waals surface area contributed by atoms with E-state index in [1.807, 2.05) is 36.4 Å². The highest BCUT2D eigenvalue weighted by molar-refractivity contribution is 8.18. The number of hydrogen-bond donors (Lipinski definition) is 0. The molecule has 1 heterocycles. The number of benzene rings is 2. The first kappa shape index (κ1) is 19.5. The van der Waals surface area contributed by atoms with Gasteiger partial charge in [-0.1, -0.05) is 35.9 Å². The Morgan fingerprint density at radius 3 is 2.41 bits per heavy atom. The third-order valence-electron chi connectivity index (χ3n) is 4.39. The maximum atomic E-state index is 12.6. The number of thioether (sulfide) groups is 1. The summed E-state index contributed by atoms with van der Waals surface area (Å²) in [6.45, 7) is 6.22. The molecule has 0 N–H and O–H groups in total. The quantitative estimate of drug-likeness (QED) is 0.630. The highest BCUT2D eigenvalue weighted by atomic mass is 35.5. The number of hydrogen-bond acceptors (Lipinski definition) is 4. The van der Waals surface area contributed by atoms with Crippen LogP contribution in [0.1, 0.15) is 19.4 Å². The van der Waals surface area contributed by atoms with Gasteiger partial charge in [-0.3, -0.25) is 9.69 Å². The Labute approximate surface area is 169 Å². The van der Waals surface area contributed by atoms with Crippen LogP contribution in [0.15, 0.2) is 58.4 Å². The highest BCUT2D eigenvalue weighted by Gasteiger charge is 2.30. The highest BCUT2D eigenvalue weighted by Crippen LogP contribution is 2.34. The number of amides is 1. The lowest BCUT2D eigenvalue weighted by molar-refractivity contribution is -0.121. The fourth-order valence-corrected chi connectivity index (χ4v) is 3.98. The molecule has 3 rings (SSSR count). The Morgan fingerprint density at radius 2 is 1.78 bits per heavy atom. The predicted molar refractivity (Wildman–Crippen MR) is 117 cm³/mol. The molecule has 0 aromatic heterocycles. The van der Waals surface area contributed by atoms with E-state index in [0.717, 1.165) is 18.7 Å². The van der Waals surface area contributed by atoms with Crippen LogP contribution in [0.5, 0.6) is 0 Å². The number of carbonyl (C=O) groups excluding carboxylic acids is 1. The first-order valence-corrected chi connectivity index (χ1v) is 10.1. The van der Waals surface area contributed by atoms with E-state index in [9.17, 15) is 4.79 Å². The van der Waals surface area contributed by atoms with Crippen molar-refractivity contribution in [1.82, 2.24) is 4.90 Å². The van der Waals surface area contributed by atoms with Crippen LogP contribution in [0.25, 0.3) is 6.08 Å². The molecule has 27 heavy (non-hydrogen) atoms. The maximum Gasteiger partial charge on any atom is 0.266 e. The van der Waals surface area contributed by atoms with E-state index in [0.29, 0.717) is 20.8 Å². The van der Waals surface area contributed by atoms with E-state index in [4.69, 9.17) is 11.6 Å². The molecule has 1 saturated heterocycles. The molecule has 1 aliphatic heterocycles. The zero-order valence-corrected chi connectivity index (χ0v) is 17.2. The van der Waals surface area contributed by atoms with Gasteiger partial charge < -0.3 is 4.90 Å². The van der Waals surface area contributed by atoms with Gasteiger partial charge in [-0.25, -0.2) is 4.99 Å². The summed E-state index contributed by atoms with van der Waals surface area (Å²) < 4.78 is 0. The van der Waals surface area contributed by atoms with Crippen molar-refractivity contribution in [2.75, 3.05) is 25.0 Å². The minimum atomic E-state index is -0.0568. The predicted octanol–water partition coefficient (Wildman–Crippen LogP) is 5.42. The van der Waals surface area contributed by atoms with E-state index in [2.05, 4.69) is 35.9 Å². The van der Waals surface area contributed by atoms with Crippen molar-refractivity contribution in [3.63, 3.8) is 0 Å². The van der Waals surface area contributed by atoms with Crippen LogP contribution in [0.3, 0.4) is 0 Å². The third kappa shape index (κ3) is 4.37. The Kier molecular flexibility index (Phi) is 6.24. The first-order valence-electron chi connectivity index (χ1n) is 8.89. The molecule has 2 aromatic carbocycles. The number of anilines is 1. The molecule has 0 bridgehead atoms. The molecule has 0 spiro atoms.